The second kappa shape index (κ2) is 10.3. The second-order valence-corrected chi connectivity index (χ2v) is 8.87. The molecule has 1 unspecified atom stereocenters. The summed E-state index contributed by atoms with van der Waals surface area (Å²) in [5, 5.41) is 13.0. The van der Waals surface area contributed by atoms with Gasteiger partial charge in [-0.1, -0.05) is 58.5 Å². The maximum atomic E-state index is 10.9. The topological polar surface area (TPSA) is 57.2 Å². The van der Waals surface area contributed by atoms with Gasteiger partial charge in [0.15, 0.2) is 6.29 Å². The highest BCUT2D eigenvalue weighted by atomic mass is 35.5. The molecule has 1 heterocycles. The summed E-state index contributed by atoms with van der Waals surface area (Å²) in [5.74, 6) is 0. The molecule has 0 spiro atoms. The molecule has 3 rings (SSSR count). The molecule has 30 heavy (non-hydrogen) atoms. The van der Waals surface area contributed by atoms with Crippen molar-refractivity contribution in [2.75, 3.05) is 13.7 Å². The zero-order valence-corrected chi connectivity index (χ0v) is 19.4. The lowest BCUT2D eigenvalue weighted by molar-refractivity contribution is -0.190. The summed E-state index contributed by atoms with van der Waals surface area (Å²) >= 11 is 24.3. The molecule has 164 valence electrons. The van der Waals surface area contributed by atoms with Gasteiger partial charge in [-0.25, -0.2) is 0 Å². The van der Waals surface area contributed by atoms with Gasteiger partial charge in [0, 0.05) is 27.2 Å². The number of aliphatic hydroxyl groups is 1. The van der Waals surface area contributed by atoms with Gasteiger partial charge in [-0.05, 0) is 42.3 Å². The van der Waals surface area contributed by atoms with E-state index in [1.165, 1.54) is 7.11 Å². The molecular weight excluding hydrogens is 474 g/mol. The van der Waals surface area contributed by atoms with Crippen molar-refractivity contribution in [1.82, 2.24) is 0 Å². The molecule has 1 aliphatic heterocycles. The molecule has 9 heteroatoms. The van der Waals surface area contributed by atoms with E-state index in [-0.39, 0.29) is 19.8 Å². The number of rotatable bonds is 8. The predicted octanol–water partition coefficient (Wildman–Crippen LogP) is 5.52. The summed E-state index contributed by atoms with van der Waals surface area (Å²) in [5.41, 5.74) is 0.143. The molecular formula is C21H22Cl4O5. The molecule has 2 aromatic rings. The highest BCUT2D eigenvalue weighted by Gasteiger charge is 2.54. The molecule has 2 aromatic carbocycles. The van der Waals surface area contributed by atoms with Crippen LogP contribution >= 0.6 is 46.4 Å². The average molecular weight is 496 g/mol. The third kappa shape index (κ3) is 5.60. The van der Waals surface area contributed by atoms with Crippen LogP contribution in [0.5, 0.6) is 0 Å². The van der Waals surface area contributed by atoms with Crippen molar-refractivity contribution in [1.29, 1.82) is 0 Å². The normalized spacial score (nSPS) is 26.3. The molecule has 1 saturated heterocycles. The molecule has 0 radical (unpaired) electrons. The minimum absolute atomic E-state index is 0.161. The lowest BCUT2D eigenvalue weighted by atomic mass is 9.97. The van der Waals surface area contributed by atoms with Crippen LogP contribution in [0.2, 0.25) is 20.1 Å². The van der Waals surface area contributed by atoms with Gasteiger partial charge in [-0.3, -0.25) is 0 Å². The summed E-state index contributed by atoms with van der Waals surface area (Å²) in [6.07, 6.45) is -2.15. The van der Waals surface area contributed by atoms with Gasteiger partial charge in [-0.15, -0.1) is 0 Å². The number of hydrogen-bond acceptors (Lipinski definition) is 5. The van der Waals surface area contributed by atoms with Crippen molar-refractivity contribution in [2.24, 2.45) is 0 Å². The molecule has 4 atom stereocenters. The van der Waals surface area contributed by atoms with E-state index in [0.29, 0.717) is 20.1 Å². The van der Waals surface area contributed by atoms with Crippen LogP contribution in [0.4, 0.5) is 0 Å². The number of hydrogen-bond donors (Lipinski definition) is 1. The molecule has 0 bridgehead atoms. The lowest BCUT2D eigenvalue weighted by Crippen LogP contribution is -2.48. The van der Waals surface area contributed by atoms with E-state index >= 15 is 0 Å². The van der Waals surface area contributed by atoms with Crippen LogP contribution in [0.3, 0.4) is 0 Å². The third-order valence-corrected chi connectivity index (χ3v) is 6.07. The Labute approximate surface area is 195 Å². The van der Waals surface area contributed by atoms with Crippen LogP contribution in [0.1, 0.15) is 18.1 Å². The molecule has 0 saturated carbocycles. The zero-order chi connectivity index (χ0) is 21.9. The monoisotopic (exact) mass is 494 g/mol. The van der Waals surface area contributed by atoms with Crippen LogP contribution in [0.25, 0.3) is 0 Å². The van der Waals surface area contributed by atoms with E-state index in [1.54, 1.807) is 43.3 Å². The van der Waals surface area contributed by atoms with E-state index < -0.39 is 24.1 Å². The van der Waals surface area contributed by atoms with Gasteiger partial charge >= 0.3 is 0 Å². The second-order valence-electron chi connectivity index (χ2n) is 7.19. The SMILES string of the molecule is COC1O[C@H](COCc2ccc(Cl)cc2Cl)[C@@H](OCc2ccc(Cl)cc2Cl)[C@@]1(C)O. The average Bonchev–Trinajstić information content (AvgIpc) is 2.92. The number of ether oxygens (including phenoxy) is 4. The van der Waals surface area contributed by atoms with E-state index in [9.17, 15) is 5.11 Å². The summed E-state index contributed by atoms with van der Waals surface area (Å²) in [6.45, 7) is 2.18. The van der Waals surface area contributed by atoms with Crippen LogP contribution in [-0.4, -0.2) is 42.9 Å². The van der Waals surface area contributed by atoms with Gasteiger partial charge in [0.1, 0.15) is 17.8 Å². The first-order valence-electron chi connectivity index (χ1n) is 9.20. The summed E-state index contributed by atoms with van der Waals surface area (Å²) in [4.78, 5) is 0. The maximum absolute atomic E-state index is 10.9. The molecule has 1 N–H and O–H groups in total. The smallest absolute Gasteiger partial charge is 0.188 e. The third-order valence-electron chi connectivity index (χ3n) is 4.89. The van der Waals surface area contributed by atoms with Gasteiger partial charge in [0.05, 0.1) is 19.8 Å². The minimum Gasteiger partial charge on any atom is -0.382 e. The number of halogens is 4. The highest BCUT2D eigenvalue weighted by molar-refractivity contribution is 6.35. The largest absolute Gasteiger partial charge is 0.382 e. The lowest BCUT2D eigenvalue weighted by Gasteiger charge is -2.29. The van der Waals surface area contributed by atoms with E-state index in [0.717, 1.165) is 11.1 Å². The Kier molecular flexibility index (Phi) is 8.29. The van der Waals surface area contributed by atoms with Crippen molar-refractivity contribution < 1.29 is 24.1 Å². The molecule has 0 aromatic heterocycles. The van der Waals surface area contributed by atoms with Crippen LogP contribution in [0, 0.1) is 0 Å². The molecule has 0 amide bonds. The van der Waals surface area contributed by atoms with Gasteiger partial charge in [0.25, 0.3) is 0 Å². The standard InChI is InChI=1S/C21H22Cl4O5/c1-21(26)19(29-10-13-4-6-15(23)8-17(13)25)18(30-20(21)27-2)11-28-9-12-3-5-14(22)7-16(12)24/h3-8,18-20,26H,9-11H2,1-2H3/t18-,19-,20?,21-/m1/s1. The zero-order valence-electron chi connectivity index (χ0n) is 16.4. The van der Waals surface area contributed by atoms with Crippen LogP contribution < -0.4 is 0 Å². The van der Waals surface area contributed by atoms with Crippen molar-refractivity contribution in [3.63, 3.8) is 0 Å². The Morgan fingerprint density at radius 1 is 0.967 bits per heavy atom. The Morgan fingerprint density at radius 3 is 2.07 bits per heavy atom. The Hall–Kier alpha value is -0.600. The fraction of sp³-hybridized carbons (Fsp3) is 0.429. The van der Waals surface area contributed by atoms with Gasteiger partial charge in [-0.2, -0.15) is 0 Å². The highest BCUT2D eigenvalue weighted by Crippen LogP contribution is 2.35. The summed E-state index contributed by atoms with van der Waals surface area (Å²) in [6, 6.07) is 10.3. The van der Waals surface area contributed by atoms with Crippen LogP contribution in [-0.2, 0) is 32.2 Å². The first kappa shape index (κ1) is 24.1. The van der Waals surface area contributed by atoms with Crippen LogP contribution in [0.15, 0.2) is 36.4 Å². The minimum atomic E-state index is -1.39. The maximum Gasteiger partial charge on any atom is 0.188 e. The summed E-state index contributed by atoms with van der Waals surface area (Å²) in [7, 11) is 1.46. The Balaban J connectivity index is 1.66. The quantitative estimate of drug-likeness (QED) is 0.522. The van der Waals surface area contributed by atoms with Crippen molar-refractivity contribution >= 4 is 46.4 Å². The van der Waals surface area contributed by atoms with Gasteiger partial charge in [0.2, 0.25) is 0 Å². The first-order chi connectivity index (χ1) is 14.2. The van der Waals surface area contributed by atoms with Crippen molar-refractivity contribution in [3.8, 4) is 0 Å². The molecule has 1 fully saturated rings. The fourth-order valence-electron chi connectivity index (χ4n) is 3.32. The Morgan fingerprint density at radius 2 is 1.53 bits per heavy atom. The van der Waals surface area contributed by atoms with Crippen molar-refractivity contribution in [3.05, 3.63) is 67.6 Å². The molecule has 0 aliphatic carbocycles. The fourth-order valence-corrected chi connectivity index (χ4v) is 4.24. The Bertz CT molecular complexity index is 876. The van der Waals surface area contributed by atoms with E-state index in [4.69, 9.17) is 65.4 Å². The molecule has 5 nitrogen and oxygen atoms in total. The van der Waals surface area contributed by atoms with Crippen molar-refractivity contribution in [2.45, 2.75) is 44.2 Å². The number of methoxy groups -OCH3 is 1. The summed E-state index contributed by atoms with van der Waals surface area (Å²) < 4.78 is 22.9. The van der Waals surface area contributed by atoms with E-state index in [2.05, 4.69) is 0 Å². The van der Waals surface area contributed by atoms with Gasteiger partial charge < -0.3 is 24.1 Å². The number of benzene rings is 2. The molecule has 1 aliphatic rings. The first-order valence-corrected chi connectivity index (χ1v) is 10.7. The predicted molar refractivity (Wildman–Crippen MR) is 117 cm³/mol. The van der Waals surface area contributed by atoms with E-state index in [1.807, 2.05) is 0 Å².